The predicted molar refractivity (Wildman–Crippen MR) is 91.9 cm³/mol. The first-order chi connectivity index (χ1) is 10.9. The van der Waals surface area contributed by atoms with Gasteiger partial charge in [-0.1, -0.05) is 32.8 Å². The second-order valence-corrected chi connectivity index (χ2v) is 9.35. The Morgan fingerprint density at radius 2 is 1.96 bits per heavy atom. The average Bonchev–Trinajstić information content (AvgIpc) is 2.83. The molecule has 4 aliphatic rings. The molecule has 3 fully saturated rings. The van der Waals surface area contributed by atoms with Gasteiger partial charge in [0.05, 0.1) is 6.10 Å². The minimum Gasteiger partial charge on any atom is -0.393 e. The molecule has 7 atom stereocenters. The largest absolute Gasteiger partial charge is 0.393 e. The monoisotopic (exact) mass is 316 g/mol. The van der Waals surface area contributed by atoms with Crippen LogP contribution in [0.4, 0.5) is 0 Å². The molecule has 0 aromatic heterocycles. The summed E-state index contributed by atoms with van der Waals surface area (Å²) in [4.78, 5) is 12.0. The number of carbonyl (C=O) groups is 1. The highest BCUT2D eigenvalue weighted by Crippen LogP contribution is 2.66. The van der Waals surface area contributed by atoms with Crippen molar-refractivity contribution in [3.8, 4) is 0 Å². The molecule has 0 radical (unpaired) electrons. The summed E-state index contributed by atoms with van der Waals surface area (Å²) < 4.78 is 0. The summed E-state index contributed by atoms with van der Waals surface area (Å²) in [7, 11) is 0. The van der Waals surface area contributed by atoms with Crippen LogP contribution in [-0.4, -0.2) is 17.0 Å². The van der Waals surface area contributed by atoms with E-state index in [9.17, 15) is 9.90 Å². The molecule has 0 amide bonds. The topological polar surface area (TPSA) is 37.3 Å². The molecule has 0 aromatic rings. The lowest BCUT2D eigenvalue weighted by Crippen LogP contribution is -2.54. The number of carbonyl (C=O) groups excluding carboxylic acids is 1. The van der Waals surface area contributed by atoms with Crippen LogP contribution in [0, 0.1) is 34.5 Å². The molecule has 2 nitrogen and oxygen atoms in total. The smallest absolute Gasteiger partial charge is 0.155 e. The van der Waals surface area contributed by atoms with Gasteiger partial charge in [-0.2, -0.15) is 0 Å². The summed E-state index contributed by atoms with van der Waals surface area (Å²) in [5.41, 5.74) is 1.86. The van der Waals surface area contributed by atoms with Gasteiger partial charge in [0.2, 0.25) is 0 Å². The molecule has 0 heterocycles. The quantitative estimate of drug-likeness (QED) is 0.772. The maximum absolute atomic E-state index is 12.0. The van der Waals surface area contributed by atoms with Crippen LogP contribution in [0.15, 0.2) is 11.6 Å². The molecule has 0 saturated heterocycles. The van der Waals surface area contributed by atoms with Crippen LogP contribution >= 0.6 is 0 Å². The van der Waals surface area contributed by atoms with Crippen LogP contribution in [0.2, 0.25) is 0 Å². The summed E-state index contributed by atoms with van der Waals surface area (Å²) >= 11 is 0. The lowest BCUT2D eigenvalue weighted by molar-refractivity contribution is -0.120. The predicted octanol–water partition coefficient (Wildman–Crippen LogP) is 4.52. The van der Waals surface area contributed by atoms with E-state index in [2.05, 4.69) is 20.8 Å². The van der Waals surface area contributed by atoms with Gasteiger partial charge < -0.3 is 5.11 Å². The van der Waals surface area contributed by atoms with Crippen molar-refractivity contribution in [3.63, 3.8) is 0 Å². The molecule has 128 valence electrons. The molecule has 0 aliphatic heterocycles. The molecule has 4 aliphatic carbocycles. The molecule has 1 N–H and O–H groups in total. The highest BCUT2D eigenvalue weighted by molar-refractivity contribution is 5.91. The van der Waals surface area contributed by atoms with E-state index in [1.165, 1.54) is 31.3 Å². The fraction of sp³-hybridized carbons (Fsp3) is 0.857. The van der Waals surface area contributed by atoms with Gasteiger partial charge in [0, 0.05) is 6.42 Å². The number of allylic oxidation sites excluding steroid dienone is 1. The molecule has 0 aromatic carbocycles. The minimum absolute atomic E-state index is 0.0939. The Hall–Kier alpha value is -0.630. The van der Waals surface area contributed by atoms with Crippen LogP contribution in [0.3, 0.4) is 0 Å². The first kappa shape index (κ1) is 15.9. The third kappa shape index (κ3) is 2.06. The first-order valence-electron chi connectivity index (χ1n) is 9.82. The van der Waals surface area contributed by atoms with E-state index in [1.807, 2.05) is 6.08 Å². The van der Waals surface area contributed by atoms with E-state index >= 15 is 0 Å². The molecule has 2 heteroatoms. The standard InChI is InChI=1S/C21H32O2/c1-4-13-11-14-12-15(22)7-9-20(14,2)17-8-10-21(3)16(19(13)17)5-6-18(21)23/h12-13,16-19,23H,4-11H2,1-3H3/t13-,16+,17+,18+,19+,20+,21+/m1/s1. The van der Waals surface area contributed by atoms with Crippen molar-refractivity contribution in [2.75, 3.05) is 0 Å². The Bertz CT molecular complexity index is 550. The summed E-state index contributed by atoms with van der Waals surface area (Å²) in [6.45, 7) is 7.13. The summed E-state index contributed by atoms with van der Waals surface area (Å²) in [6, 6.07) is 0. The van der Waals surface area contributed by atoms with Crippen molar-refractivity contribution < 1.29 is 9.90 Å². The number of hydrogen-bond acceptors (Lipinski definition) is 2. The van der Waals surface area contributed by atoms with E-state index in [1.54, 1.807) is 0 Å². The number of fused-ring (bicyclic) bond motifs is 5. The van der Waals surface area contributed by atoms with Crippen LogP contribution < -0.4 is 0 Å². The molecular weight excluding hydrogens is 284 g/mol. The third-order valence-corrected chi connectivity index (χ3v) is 8.61. The number of aliphatic hydroxyl groups excluding tert-OH is 1. The van der Waals surface area contributed by atoms with Crippen molar-refractivity contribution in [1.82, 2.24) is 0 Å². The maximum atomic E-state index is 12.0. The molecule has 0 unspecified atom stereocenters. The Balaban J connectivity index is 1.75. The summed E-state index contributed by atoms with van der Waals surface area (Å²) in [5, 5.41) is 10.6. The molecule has 23 heavy (non-hydrogen) atoms. The summed E-state index contributed by atoms with van der Waals surface area (Å²) in [6.07, 6.45) is 10.7. The molecule has 0 bridgehead atoms. The number of ketones is 1. The number of rotatable bonds is 1. The van der Waals surface area contributed by atoms with Crippen LogP contribution in [0.1, 0.15) is 72.1 Å². The number of hydrogen-bond donors (Lipinski definition) is 1. The van der Waals surface area contributed by atoms with Gasteiger partial charge >= 0.3 is 0 Å². The number of aliphatic hydroxyl groups is 1. The van der Waals surface area contributed by atoms with Crippen molar-refractivity contribution in [3.05, 3.63) is 11.6 Å². The van der Waals surface area contributed by atoms with Gasteiger partial charge in [-0.15, -0.1) is 0 Å². The van der Waals surface area contributed by atoms with Gasteiger partial charge in [-0.05, 0) is 79.1 Å². The van der Waals surface area contributed by atoms with Gasteiger partial charge in [0.25, 0.3) is 0 Å². The highest BCUT2D eigenvalue weighted by atomic mass is 16.3. The molecule has 0 spiro atoms. The normalized spacial score (nSPS) is 52.4. The first-order valence-corrected chi connectivity index (χ1v) is 9.82. The van der Waals surface area contributed by atoms with Crippen LogP contribution in [0.5, 0.6) is 0 Å². The van der Waals surface area contributed by atoms with Crippen molar-refractivity contribution >= 4 is 5.78 Å². The van der Waals surface area contributed by atoms with E-state index < -0.39 is 0 Å². The van der Waals surface area contributed by atoms with E-state index in [4.69, 9.17) is 0 Å². The van der Waals surface area contributed by atoms with Gasteiger partial charge in [0.1, 0.15) is 0 Å². The lowest BCUT2D eigenvalue weighted by atomic mass is 9.44. The maximum Gasteiger partial charge on any atom is 0.155 e. The molecule has 4 rings (SSSR count). The molecular formula is C21H32O2. The average molecular weight is 316 g/mol. The van der Waals surface area contributed by atoms with E-state index in [0.717, 1.165) is 37.5 Å². The fourth-order valence-corrected chi connectivity index (χ4v) is 7.09. The van der Waals surface area contributed by atoms with Crippen LogP contribution in [0.25, 0.3) is 0 Å². The Kier molecular flexibility index (Phi) is 3.58. The Morgan fingerprint density at radius 3 is 2.70 bits per heavy atom. The van der Waals surface area contributed by atoms with E-state index in [-0.39, 0.29) is 16.9 Å². The summed E-state index contributed by atoms with van der Waals surface area (Å²) in [5.74, 6) is 3.23. The zero-order chi connectivity index (χ0) is 16.4. The van der Waals surface area contributed by atoms with E-state index in [0.29, 0.717) is 17.6 Å². The minimum atomic E-state index is -0.0939. The van der Waals surface area contributed by atoms with Crippen LogP contribution in [-0.2, 0) is 4.79 Å². The second-order valence-electron chi connectivity index (χ2n) is 9.35. The van der Waals surface area contributed by atoms with Gasteiger partial charge in [-0.3, -0.25) is 4.79 Å². The van der Waals surface area contributed by atoms with Crippen molar-refractivity contribution in [2.24, 2.45) is 34.5 Å². The van der Waals surface area contributed by atoms with Gasteiger partial charge in [0.15, 0.2) is 5.78 Å². The SMILES string of the molecule is CC[C@@H]1CC2=CC(=O)CC[C@]2(C)[C@H]2CC[C@]3(C)[C@@H](O)CC[C@H]3[C@H]12. The highest BCUT2D eigenvalue weighted by Gasteiger charge is 2.60. The Morgan fingerprint density at radius 1 is 1.17 bits per heavy atom. The van der Waals surface area contributed by atoms with Gasteiger partial charge in [-0.25, -0.2) is 0 Å². The zero-order valence-corrected chi connectivity index (χ0v) is 15.0. The zero-order valence-electron chi connectivity index (χ0n) is 15.0. The fourth-order valence-electron chi connectivity index (χ4n) is 7.09. The Labute approximate surface area is 140 Å². The van der Waals surface area contributed by atoms with Crippen molar-refractivity contribution in [1.29, 1.82) is 0 Å². The van der Waals surface area contributed by atoms with Crippen molar-refractivity contribution in [2.45, 2.75) is 78.2 Å². The second kappa shape index (κ2) is 5.18. The third-order valence-electron chi connectivity index (χ3n) is 8.61. The molecule has 3 saturated carbocycles. The lowest BCUT2D eigenvalue weighted by Gasteiger charge is -2.60.